The number of hydrogen-bond acceptors (Lipinski definition) is 6. The van der Waals surface area contributed by atoms with Crippen LogP contribution >= 0.6 is 0 Å². The van der Waals surface area contributed by atoms with Gasteiger partial charge in [-0.1, -0.05) is 6.92 Å². The van der Waals surface area contributed by atoms with E-state index in [0.717, 1.165) is 17.9 Å². The van der Waals surface area contributed by atoms with Crippen LogP contribution in [0.2, 0.25) is 0 Å². The third-order valence-electron chi connectivity index (χ3n) is 3.71. The Labute approximate surface area is 165 Å². The van der Waals surface area contributed by atoms with E-state index in [-0.39, 0.29) is 18.4 Å². The number of esters is 1. The van der Waals surface area contributed by atoms with Gasteiger partial charge in [0.15, 0.2) is 0 Å². The van der Waals surface area contributed by atoms with Crippen LogP contribution in [0.5, 0.6) is 5.75 Å². The number of benzene rings is 2. The van der Waals surface area contributed by atoms with Crippen LogP contribution in [0.1, 0.15) is 23.7 Å². The molecule has 0 bridgehead atoms. The van der Waals surface area contributed by atoms with Gasteiger partial charge in [-0.05, 0) is 55.0 Å². The summed E-state index contributed by atoms with van der Waals surface area (Å²) in [7, 11) is 1.62. The van der Waals surface area contributed by atoms with E-state index in [4.69, 9.17) is 14.2 Å². The number of carbonyl (C=O) groups is 2. The number of hydrogen-bond donors (Lipinski definition) is 2. The molecule has 0 unspecified atom stereocenters. The first-order chi connectivity index (χ1) is 13.6. The van der Waals surface area contributed by atoms with Crippen LogP contribution in [0, 0.1) is 0 Å². The third-order valence-corrected chi connectivity index (χ3v) is 3.71. The largest absolute Gasteiger partial charge is 0.491 e. The zero-order valence-corrected chi connectivity index (χ0v) is 16.2. The molecule has 28 heavy (non-hydrogen) atoms. The summed E-state index contributed by atoms with van der Waals surface area (Å²) in [4.78, 5) is 23.8. The van der Waals surface area contributed by atoms with E-state index in [1.165, 1.54) is 0 Å². The summed E-state index contributed by atoms with van der Waals surface area (Å²) in [6.07, 6.45) is 0.774. The molecule has 0 aromatic heterocycles. The molecule has 0 atom stereocenters. The van der Waals surface area contributed by atoms with Crippen molar-refractivity contribution in [2.75, 3.05) is 44.1 Å². The van der Waals surface area contributed by atoms with E-state index in [9.17, 15) is 9.59 Å². The van der Waals surface area contributed by atoms with Crippen LogP contribution < -0.4 is 15.4 Å². The molecule has 0 fully saturated rings. The minimum atomic E-state index is -0.365. The summed E-state index contributed by atoms with van der Waals surface area (Å²) in [5.41, 5.74) is 1.88. The molecule has 2 aromatic rings. The number of anilines is 2. The molecular formula is C21H26N2O5. The van der Waals surface area contributed by atoms with Gasteiger partial charge in [-0.3, -0.25) is 4.79 Å². The van der Waals surface area contributed by atoms with Gasteiger partial charge in [0.2, 0.25) is 5.91 Å². The van der Waals surface area contributed by atoms with E-state index in [0.29, 0.717) is 31.1 Å². The Balaban J connectivity index is 1.76. The maximum atomic E-state index is 12.1. The third kappa shape index (κ3) is 7.28. The molecule has 2 aromatic carbocycles. The highest BCUT2D eigenvalue weighted by Gasteiger charge is 2.07. The maximum absolute atomic E-state index is 12.1. The fraction of sp³-hybridized carbons (Fsp3) is 0.333. The lowest BCUT2D eigenvalue weighted by molar-refractivity contribution is -0.114. The van der Waals surface area contributed by atoms with Crippen LogP contribution in [-0.2, 0) is 14.3 Å². The second kappa shape index (κ2) is 11.6. The number of ether oxygens (including phenoxy) is 3. The van der Waals surface area contributed by atoms with Crippen molar-refractivity contribution in [1.29, 1.82) is 0 Å². The van der Waals surface area contributed by atoms with Crippen LogP contribution in [-0.4, -0.2) is 45.4 Å². The highest BCUT2D eigenvalue weighted by atomic mass is 16.5. The van der Waals surface area contributed by atoms with E-state index in [1.54, 1.807) is 31.4 Å². The molecule has 2 N–H and O–H groups in total. The van der Waals surface area contributed by atoms with Crippen molar-refractivity contribution < 1.29 is 23.8 Å². The van der Waals surface area contributed by atoms with Crippen molar-refractivity contribution in [2.24, 2.45) is 0 Å². The first-order valence-electron chi connectivity index (χ1n) is 9.15. The van der Waals surface area contributed by atoms with Crippen LogP contribution in [0.4, 0.5) is 11.4 Å². The summed E-state index contributed by atoms with van der Waals surface area (Å²) >= 11 is 0. The van der Waals surface area contributed by atoms with Crippen molar-refractivity contribution in [2.45, 2.75) is 13.3 Å². The molecule has 0 spiro atoms. The molecular weight excluding hydrogens is 360 g/mol. The molecule has 0 radical (unpaired) electrons. The summed E-state index contributed by atoms with van der Waals surface area (Å²) in [6.45, 7) is 3.46. The van der Waals surface area contributed by atoms with Gasteiger partial charge < -0.3 is 24.8 Å². The minimum absolute atomic E-state index is 0.115. The molecule has 150 valence electrons. The van der Waals surface area contributed by atoms with Gasteiger partial charge in [-0.15, -0.1) is 0 Å². The Morgan fingerprint density at radius 1 is 0.893 bits per heavy atom. The molecule has 0 aliphatic heterocycles. The number of nitrogens with one attached hydrogen (secondary N) is 2. The second-order valence-corrected chi connectivity index (χ2v) is 5.98. The topological polar surface area (TPSA) is 85.9 Å². The Bertz CT molecular complexity index is 744. The lowest BCUT2D eigenvalue weighted by Crippen LogP contribution is -2.21. The van der Waals surface area contributed by atoms with Crippen molar-refractivity contribution in [3.8, 4) is 5.75 Å². The molecule has 7 nitrogen and oxygen atoms in total. The zero-order valence-electron chi connectivity index (χ0n) is 16.2. The van der Waals surface area contributed by atoms with E-state index >= 15 is 0 Å². The van der Waals surface area contributed by atoms with Gasteiger partial charge in [0.1, 0.15) is 12.4 Å². The Morgan fingerprint density at radius 3 is 2.21 bits per heavy atom. The van der Waals surface area contributed by atoms with Crippen LogP contribution in [0.25, 0.3) is 0 Å². The molecule has 0 aliphatic rings. The fourth-order valence-electron chi connectivity index (χ4n) is 2.27. The van der Waals surface area contributed by atoms with Gasteiger partial charge in [-0.2, -0.15) is 0 Å². The van der Waals surface area contributed by atoms with Crippen molar-refractivity contribution in [1.82, 2.24) is 0 Å². The van der Waals surface area contributed by atoms with E-state index in [2.05, 4.69) is 10.6 Å². The Hall–Kier alpha value is -3.06. The summed E-state index contributed by atoms with van der Waals surface area (Å²) in [5.74, 6) is 0.183. The van der Waals surface area contributed by atoms with Gasteiger partial charge in [-0.25, -0.2) is 4.79 Å². The van der Waals surface area contributed by atoms with Gasteiger partial charge in [0.05, 0.1) is 25.3 Å². The monoisotopic (exact) mass is 386 g/mol. The number of carbonyl (C=O) groups excluding carboxylic acids is 2. The Morgan fingerprint density at radius 2 is 1.57 bits per heavy atom. The summed E-state index contributed by atoms with van der Waals surface area (Å²) < 4.78 is 15.5. The highest BCUT2D eigenvalue weighted by Crippen LogP contribution is 2.16. The molecule has 0 saturated carbocycles. The van der Waals surface area contributed by atoms with E-state index < -0.39 is 0 Å². The Kier molecular flexibility index (Phi) is 8.81. The SMILES string of the molecule is CCCOC(=O)c1ccc(NC(=O)CNc2ccc(OCCOC)cc2)cc1. The van der Waals surface area contributed by atoms with E-state index in [1.807, 2.05) is 31.2 Å². The average Bonchev–Trinajstić information content (AvgIpc) is 2.72. The standard InChI is InChI=1S/C21H26N2O5/c1-3-12-28-21(25)16-4-6-18(7-5-16)23-20(24)15-22-17-8-10-19(11-9-17)27-14-13-26-2/h4-11,22H,3,12-15H2,1-2H3,(H,23,24). The lowest BCUT2D eigenvalue weighted by Gasteiger charge is -2.10. The number of rotatable bonds is 11. The van der Waals surface area contributed by atoms with Crippen LogP contribution in [0.3, 0.4) is 0 Å². The minimum Gasteiger partial charge on any atom is -0.491 e. The predicted octanol–water partition coefficient (Wildman–Crippen LogP) is 3.33. The van der Waals surface area contributed by atoms with Gasteiger partial charge >= 0.3 is 5.97 Å². The highest BCUT2D eigenvalue weighted by molar-refractivity contribution is 5.95. The van der Waals surface area contributed by atoms with Crippen LogP contribution in [0.15, 0.2) is 48.5 Å². The molecule has 0 heterocycles. The first kappa shape index (κ1) is 21.2. The van der Waals surface area contributed by atoms with Crippen molar-refractivity contribution in [3.05, 3.63) is 54.1 Å². The first-order valence-corrected chi connectivity index (χ1v) is 9.15. The fourth-order valence-corrected chi connectivity index (χ4v) is 2.27. The normalized spacial score (nSPS) is 10.2. The predicted molar refractivity (Wildman–Crippen MR) is 108 cm³/mol. The van der Waals surface area contributed by atoms with Gasteiger partial charge in [0, 0.05) is 18.5 Å². The molecule has 2 rings (SSSR count). The van der Waals surface area contributed by atoms with Crippen molar-refractivity contribution in [3.63, 3.8) is 0 Å². The molecule has 1 amide bonds. The quantitative estimate of drug-likeness (QED) is 0.455. The molecule has 0 aliphatic carbocycles. The molecule has 0 saturated heterocycles. The second-order valence-electron chi connectivity index (χ2n) is 5.98. The summed E-state index contributed by atoms with van der Waals surface area (Å²) in [6, 6.07) is 13.9. The average molecular weight is 386 g/mol. The summed E-state index contributed by atoms with van der Waals surface area (Å²) in [5, 5.41) is 5.82. The zero-order chi connectivity index (χ0) is 20.2. The van der Waals surface area contributed by atoms with Gasteiger partial charge in [0.25, 0.3) is 0 Å². The molecule has 7 heteroatoms. The maximum Gasteiger partial charge on any atom is 0.338 e. The number of amides is 1. The number of methoxy groups -OCH3 is 1. The van der Waals surface area contributed by atoms with Crippen molar-refractivity contribution >= 4 is 23.3 Å². The lowest BCUT2D eigenvalue weighted by atomic mass is 10.2. The smallest absolute Gasteiger partial charge is 0.338 e.